The molecule has 0 saturated heterocycles. The second-order valence-electron chi connectivity index (χ2n) is 6.53. The Morgan fingerprint density at radius 1 is 1.40 bits per heavy atom. The van der Waals surface area contributed by atoms with Crippen LogP contribution in [0.3, 0.4) is 0 Å². The normalized spacial score (nSPS) is 24.5. The van der Waals surface area contributed by atoms with Crippen LogP contribution < -0.4 is 5.32 Å². The lowest BCUT2D eigenvalue weighted by Gasteiger charge is -2.38. The number of nitrogens with one attached hydrogen (secondary N) is 1. The molecule has 1 aromatic heterocycles. The standard InChI is InChI=1S/C16H26N2OS/c1-11(2)17-10-12-6-4-7-13-14(12)18-15(20-13)16(19-3)8-5-9-16/h11-12,17H,4-10H2,1-3H3. The molecule has 1 aromatic rings. The molecule has 4 heteroatoms. The van der Waals surface area contributed by atoms with E-state index in [-0.39, 0.29) is 5.60 Å². The second-order valence-corrected chi connectivity index (χ2v) is 7.62. The van der Waals surface area contributed by atoms with Crippen molar-refractivity contribution in [3.63, 3.8) is 0 Å². The molecule has 1 fully saturated rings. The van der Waals surface area contributed by atoms with Crippen molar-refractivity contribution < 1.29 is 4.74 Å². The van der Waals surface area contributed by atoms with E-state index in [0.717, 1.165) is 19.4 Å². The molecule has 0 aromatic carbocycles. The predicted octanol–water partition coefficient (Wildman–Crippen LogP) is 3.59. The fourth-order valence-corrected chi connectivity index (χ4v) is 4.70. The number of thiazole rings is 1. The van der Waals surface area contributed by atoms with Gasteiger partial charge < -0.3 is 10.1 Å². The molecule has 0 radical (unpaired) electrons. The quantitative estimate of drug-likeness (QED) is 0.901. The zero-order valence-corrected chi connectivity index (χ0v) is 13.7. The Labute approximate surface area is 126 Å². The van der Waals surface area contributed by atoms with Gasteiger partial charge in [0.15, 0.2) is 0 Å². The van der Waals surface area contributed by atoms with Gasteiger partial charge in [-0.05, 0) is 38.5 Å². The highest BCUT2D eigenvalue weighted by Gasteiger charge is 2.43. The highest BCUT2D eigenvalue weighted by molar-refractivity contribution is 7.11. The number of hydrogen-bond acceptors (Lipinski definition) is 4. The van der Waals surface area contributed by atoms with Gasteiger partial charge in [-0.1, -0.05) is 13.8 Å². The number of nitrogens with zero attached hydrogens (tertiary/aromatic N) is 1. The van der Waals surface area contributed by atoms with Gasteiger partial charge in [0.05, 0.1) is 5.69 Å². The highest BCUT2D eigenvalue weighted by Crippen LogP contribution is 2.48. The lowest BCUT2D eigenvalue weighted by molar-refractivity contribution is -0.0780. The van der Waals surface area contributed by atoms with Gasteiger partial charge in [-0.3, -0.25) is 0 Å². The Morgan fingerprint density at radius 3 is 2.80 bits per heavy atom. The molecule has 2 aliphatic rings. The predicted molar refractivity (Wildman–Crippen MR) is 83.5 cm³/mol. The van der Waals surface area contributed by atoms with Crippen LogP contribution in [0.2, 0.25) is 0 Å². The maximum absolute atomic E-state index is 5.80. The Balaban J connectivity index is 1.81. The zero-order valence-electron chi connectivity index (χ0n) is 12.9. The SMILES string of the molecule is COC1(c2nc3c(s2)CCCC3CNC(C)C)CCC1. The molecule has 3 rings (SSSR count). The van der Waals surface area contributed by atoms with Crippen molar-refractivity contribution in [1.29, 1.82) is 0 Å². The average molecular weight is 294 g/mol. The van der Waals surface area contributed by atoms with E-state index in [4.69, 9.17) is 9.72 Å². The van der Waals surface area contributed by atoms with Crippen LogP contribution in [0.4, 0.5) is 0 Å². The van der Waals surface area contributed by atoms with Crippen molar-refractivity contribution in [1.82, 2.24) is 10.3 Å². The van der Waals surface area contributed by atoms with E-state index in [1.807, 2.05) is 18.4 Å². The van der Waals surface area contributed by atoms with Crippen molar-refractivity contribution in [3.05, 3.63) is 15.6 Å². The minimum Gasteiger partial charge on any atom is -0.371 e. The van der Waals surface area contributed by atoms with Crippen LogP contribution in [0, 0.1) is 0 Å². The summed E-state index contributed by atoms with van der Waals surface area (Å²) >= 11 is 1.92. The van der Waals surface area contributed by atoms with Crippen LogP contribution in [0.5, 0.6) is 0 Å². The van der Waals surface area contributed by atoms with Crippen LogP contribution in [0.1, 0.15) is 67.4 Å². The summed E-state index contributed by atoms with van der Waals surface area (Å²) < 4.78 is 5.80. The van der Waals surface area contributed by atoms with Crippen molar-refractivity contribution in [2.24, 2.45) is 0 Å². The molecule has 0 bridgehead atoms. The van der Waals surface area contributed by atoms with Gasteiger partial charge >= 0.3 is 0 Å². The van der Waals surface area contributed by atoms with Crippen molar-refractivity contribution >= 4 is 11.3 Å². The molecule has 1 N–H and O–H groups in total. The van der Waals surface area contributed by atoms with Crippen LogP contribution in [-0.4, -0.2) is 24.7 Å². The Morgan fingerprint density at radius 2 is 2.20 bits per heavy atom. The monoisotopic (exact) mass is 294 g/mol. The summed E-state index contributed by atoms with van der Waals surface area (Å²) in [6.07, 6.45) is 7.35. The lowest BCUT2D eigenvalue weighted by Crippen LogP contribution is -2.36. The zero-order chi connectivity index (χ0) is 14.2. The summed E-state index contributed by atoms with van der Waals surface area (Å²) in [5.74, 6) is 0.597. The third-order valence-electron chi connectivity index (χ3n) is 4.78. The largest absolute Gasteiger partial charge is 0.371 e. The van der Waals surface area contributed by atoms with Gasteiger partial charge in [0.25, 0.3) is 0 Å². The van der Waals surface area contributed by atoms with E-state index in [1.54, 1.807) is 0 Å². The number of methoxy groups -OCH3 is 1. The summed E-state index contributed by atoms with van der Waals surface area (Å²) in [5, 5.41) is 4.82. The molecular weight excluding hydrogens is 268 g/mol. The van der Waals surface area contributed by atoms with E-state index in [2.05, 4.69) is 19.2 Å². The Kier molecular flexibility index (Phi) is 4.16. The van der Waals surface area contributed by atoms with Crippen LogP contribution in [-0.2, 0) is 16.8 Å². The molecule has 20 heavy (non-hydrogen) atoms. The molecule has 112 valence electrons. The van der Waals surface area contributed by atoms with Crippen LogP contribution in [0.15, 0.2) is 0 Å². The summed E-state index contributed by atoms with van der Waals surface area (Å²) in [6.45, 7) is 5.49. The molecule has 1 unspecified atom stereocenters. The van der Waals surface area contributed by atoms with Crippen molar-refractivity contribution in [3.8, 4) is 0 Å². The summed E-state index contributed by atoms with van der Waals surface area (Å²) in [7, 11) is 1.84. The summed E-state index contributed by atoms with van der Waals surface area (Å²) in [6, 6.07) is 0.551. The fourth-order valence-electron chi connectivity index (χ4n) is 3.28. The first kappa shape index (κ1) is 14.5. The molecule has 0 amide bonds. The minimum atomic E-state index is -0.0436. The van der Waals surface area contributed by atoms with E-state index < -0.39 is 0 Å². The molecule has 1 heterocycles. The topological polar surface area (TPSA) is 34.1 Å². The van der Waals surface area contributed by atoms with Gasteiger partial charge in [0.1, 0.15) is 10.6 Å². The first-order valence-corrected chi connectivity index (χ1v) is 8.75. The third-order valence-corrected chi connectivity index (χ3v) is 6.10. The first-order chi connectivity index (χ1) is 9.64. The number of aryl methyl sites for hydroxylation is 1. The molecule has 2 aliphatic carbocycles. The lowest BCUT2D eigenvalue weighted by atomic mass is 9.80. The minimum absolute atomic E-state index is 0.0436. The van der Waals surface area contributed by atoms with Crippen molar-refractivity contribution in [2.45, 2.75) is 69.9 Å². The Hall–Kier alpha value is -0.450. The smallest absolute Gasteiger partial charge is 0.125 e. The average Bonchev–Trinajstić information content (AvgIpc) is 2.80. The summed E-state index contributed by atoms with van der Waals surface area (Å²) in [5.41, 5.74) is 1.32. The maximum Gasteiger partial charge on any atom is 0.125 e. The van der Waals surface area contributed by atoms with E-state index >= 15 is 0 Å². The number of fused-ring (bicyclic) bond motifs is 1. The second kappa shape index (κ2) is 5.74. The van der Waals surface area contributed by atoms with E-state index in [0.29, 0.717) is 12.0 Å². The molecular formula is C16H26N2OS. The van der Waals surface area contributed by atoms with Gasteiger partial charge in [-0.2, -0.15) is 0 Å². The number of hydrogen-bond donors (Lipinski definition) is 1. The number of aromatic nitrogens is 1. The van der Waals surface area contributed by atoms with Gasteiger partial charge in [0.2, 0.25) is 0 Å². The third kappa shape index (κ3) is 2.53. The fraction of sp³-hybridized carbons (Fsp3) is 0.812. The maximum atomic E-state index is 5.80. The van der Waals surface area contributed by atoms with E-state index in [1.165, 1.54) is 41.3 Å². The highest BCUT2D eigenvalue weighted by atomic mass is 32.1. The first-order valence-electron chi connectivity index (χ1n) is 7.93. The molecule has 1 saturated carbocycles. The van der Waals surface area contributed by atoms with Gasteiger partial charge in [-0.15, -0.1) is 11.3 Å². The molecule has 0 aliphatic heterocycles. The van der Waals surface area contributed by atoms with Crippen LogP contribution in [0.25, 0.3) is 0 Å². The van der Waals surface area contributed by atoms with E-state index in [9.17, 15) is 0 Å². The van der Waals surface area contributed by atoms with Crippen LogP contribution >= 0.6 is 11.3 Å². The summed E-state index contributed by atoms with van der Waals surface area (Å²) in [4.78, 5) is 6.55. The van der Waals surface area contributed by atoms with Gasteiger partial charge in [0, 0.05) is 30.5 Å². The Bertz CT molecular complexity index is 460. The van der Waals surface area contributed by atoms with Crippen molar-refractivity contribution in [2.75, 3.05) is 13.7 Å². The number of ether oxygens (including phenoxy) is 1. The molecule has 3 nitrogen and oxygen atoms in total. The molecule has 1 atom stereocenters. The van der Waals surface area contributed by atoms with Gasteiger partial charge in [-0.25, -0.2) is 4.98 Å². The molecule has 0 spiro atoms. The number of rotatable bonds is 5.